The van der Waals surface area contributed by atoms with E-state index in [2.05, 4.69) is 10.2 Å². The van der Waals surface area contributed by atoms with Gasteiger partial charge in [0, 0.05) is 12.0 Å². The van der Waals surface area contributed by atoms with Crippen LogP contribution in [0.15, 0.2) is 0 Å². The van der Waals surface area contributed by atoms with E-state index in [1.807, 2.05) is 0 Å². The first-order valence-electron chi connectivity index (χ1n) is 7.28. The van der Waals surface area contributed by atoms with E-state index >= 15 is 0 Å². The summed E-state index contributed by atoms with van der Waals surface area (Å²) >= 11 is 1.34. The number of ether oxygens (including phenoxy) is 2. The first-order chi connectivity index (χ1) is 10.7. The zero-order chi connectivity index (χ0) is 17.2. The fraction of sp³-hybridized carbons (Fsp3) is 0.714. The zero-order valence-electron chi connectivity index (χ0n) is 13.6. The summed E-state index contributed by atoms with van der Waals surface area (Å²) in [7, 11) is 1.23. The van der Waals surface area contributed by atoms with E-state index in [1.54, 1.807) is 20.8 Å². The molecule has 0 saturated heterocycles. The molecule has 8 nitrogen and oxygen atoms in total. The van der Waals surface area contributed by atoms with Crippen molar-refractivity contribution in [1.82, 2.24) is 15.1 Å². The number of amides is 2. The third-order valence-corrected chi connectivity index (χ3v) is 4.48. The predicted octanol–water partition coefficient (Wildman–Crippen LogP) is 2.28. The minimum atomic E-state index is -0.726. The number of aromatic nitrogens is 2. The Labute approximate surface area is 138 Å². The van der Waals surface area contributed by atoms with E-state index in [9.17, 15) is 9.59 Å². The number of imide groups is 1. The van der Waals surface area contributed by atoms with Crippen LogP contribution in [-0.4, -0.2) is 51.1 Å². The van der Waals surface area contributed by atoms with E-state index in [4.69, 9.17) is 14.6 Å². The summed E-state index contributed by atoms with van der Waals surface area (Å²) in [6.45, 7) is 5.07. The smallest absolute Gasteiger partial charge is 0.420 e. The molecule has 0 aliphatic heterocycles. The van der Waals surface area contributed by atoms with Gasteiger partial charge in [0.05, 0.1) is 13.7 Å². The SMILES string of the molecule is COC(=O)N(C(=O)OC(C)(C)C)C1CC(c2nnc(CO)s2)C1. The average molecular weight is 343 g/mol. The van der Waals surface area contributed by atoms with Crippen LogP contribution in [0.1, 0.15) is 49.5 Å². The first-order valence-corrected chi connectivity index (χ1v) is 8.10. The fourth-order valence-corrected chi connectivity index (χ4v) is 3.11. The van der Waals surface area contributed by atoms with Crippen LogP contribution in [0.4, 0.5) is 9.59 Å². The van der Waals surface area contributed by atoms with Crippen molar-refractivity contribution >= 4 is 23.5 Å². The van der Waals surface area contributed by atoms with Crippen LogP contribution in [0.5, 0.6) is 0 Å². The van der Waals surface area contributed by atoms with Gasteiger partial charge in [0.1, 0.15) is 15.6 Å². The van der Waals surface area contributed by atoms with Crippen LogP contribution in [0.3, 0.4) is 0 Å². The van der Waals surface area contributed by atoms with Crippen molar-refractivity contribution in [2.24, 2.45) is 0 Å². The molecule has 0 atom stereocenters. The minimum Gasteiger partial charge on any atom is -0.452 e. The van der Waals surface area contributed by atoms with Crippen LogP contribution in [0.2, 0.25) is 0 Å². The van der Waals surface area contributed by atoms with Gasteiger partial charge in [0.2, 0.25) is 0 Å². The number of hydrogen-bond donors (Lipinski definition) is 1. The number of nitrogens with zero attached hydrogens (tertiary/aromatic N) is 3. The Kier molecular flexibility index (Phi) is 5.20. The number of hydrogen-bond acceptors (Lipinski definition) is 8. The Morgan fingerprint density at radius 2 is 1.96 bits per heavy atom. The van der Waals surface area contributed by atoms with E-state index in [0.717, 1.165) is 9.91 Å². The van der Waals surface area contributed by atoms with E-state index in [0.29, 0.717) is 17.8 Å². The van der Waals surface area contributed by atoms with Gasteiger partial charge in [-0.25, -0.2) is 14.5 Å². The highest BCUT2D eigenvalue weighted by molar-refractivity contribution is 7.11. The zero-order valence-corrected chi connectivity index (χ0v) is 14.4. The molecule has 1 aliphatic rings. The number of carbonyl (C=O) groups excluding carboxylic acids is 2. The van der Waals surface area contributed by atoms with Gasteiger partial charge in [0.15, 0.2) is 0 Å². The molecular formula is C14H21N3O5S. The molecule has 0 spiro atoms. The summed E-state index contributed by atoms with van der Waals surface area (Å²) in [5, 5.41) is 18.3. The molecule has 1 aromatic heterocycles. The van der Waals surface area contributed by atoms with Gasteiger partial charge < -0.3 is 14.6 Å². The lowest BCUT2D eigenvalue weighted by atomic mass is 9.80. The summed E-state index contributed by atoms with van der Waals surface area (Å²) < 4.78 is 9.96. The van der Waals surface area contributed by atoms with E-state index < -0.39 is 17.8 Å². The molecule has 0 bridgehead atoms. The molecular weight excluding hydrogens is 322 g/mol. The Bertz CT molecular complexity index is 577. The van der Waals surface area contributed by atoms with Gasteiger partial charge >= 0.3 is 12.2 Å². The van der Waals surface area contributed by atoms with Gasteiger partial charge in [-0.05, 0) is 33.6 Å². The van der Waals surface area contributed by atoms with E-state index in [1.165, 1.54) is 18.4 Å². The van der Waals surface area contributed by atoms with Crippen molar-refractivity contribution in [3.8, 4) is 0 Å². The maximum atomic E-state index is 12.2. The fourth-order valence-electron chi connectivity index (χ4n) is 2.28. The Morgan fingerprint density at radius 1 is 1.30 bits per heavy atom. The molecule has 1 aromatic rings. The lowest BCUT2D eigenvalue weighted by Crippen LogP contribution is -2.51. The second-order valence-electron chi connectivity index (χ2n) is 6.33. The van der Waals surface area contributed by atoms with Crippen molar-refractivity contribution in [2.45, 2.75) is 57.8 Å². The molecule has 0 unspecified atom stereocenters. The highest BCUT2D eigenvalue weighted by Crippen LogP contribution is 2.41. The molecule has 1 heterocycles. The van der Waals surface area contributed by atoms with Gasteiger partial charge in [-0.2, -0.15) is 0 Å². The molecule has 23 heavy (non-hydrogen) atoms. The molecule has 1 N–H and O–H groups in total. The maximum Gasteiger partial charge on any atom is 0.420 e. The molecule has 0 aromatic carbocycles. The highest BCUT2D eigenvalue weighted by Gasteiger charge is 2.43. The summed E-state index contributed by atoms with van der Waals surface area (Å²) in [4.78, 5) is 25.2. The number of carbonyl (C=O) groups is 2. The molecule has 1 saturated carbocycles. The van der Waals surface area contributed by atoms with Gasteiger partial charge in [-0.3, -0.25) is 0 Å². The van der Waals surface area contributed by atoms with Gasteiger partial charge in [-0.1, -0.05) is 11.3 Å². The molecule has 9 heteroatoms. The minimum absolute atomic E-state index is 0.118. The van der Waals surface area contributed by atoms with Crippen molar-refractivity contribution in [3.63, 3.8) is 0 Å². The van der Waals surface area contributed by atoms with Crippen LogP contribution in [-0.2, 0) is 16.1 Å². The van der Waals surface area contributed by atoms with Crippen LogP contribution < -0.4 is 0 Å². The number of rotatable bonds is 3. The number of aliphatic hydroxyl groups excluding tert-OH is 1. The summed E-state index contributed by atoms with van der Waals surface area (Å²) in [5.74, 6) is 0.118. The topological polar surface area (TPSA) is 102 Å². The summed E-state index contributed by atoms with van der Waals surface area (Å²) in [6.07, 6.45) is -0.278. The molecule has 1 aliphatic carbocycles. The monoisotopic (exact) mass is 343 g/mol. The standard InChI is InChI=1S/C14H21N3O5S/c1-14(2,3)22-13(20)17(12(19)21-4)9-5-8(6-9)11-16-15-10(7-18)23-11/h8-9,18H,5-7H2,1-4H3. The third-order valence-electron chi connectivity index (χ3n) is 3.41. The largest absolute Gasteiger partial charge is 0.452 e. The number of aliphatic hydroxyl groups is 1. The predicted molar refractivity (Wildman–Crippen MR) is 82.1 cm³/mol. The lowest BCUT2D eigenvalue weighted by molar-refractivity contribution is 0.00562. The van der Waals surface area contributed by atoms with Crippen molar-refractivity contribution in [1.29, 1.82) is 0 Å². The van der Waals surface area contributed by atoms with Crippen molar-refractivity contribution < 1.29 is 24.2 Å². The molecule has 128 valence electrons. The van der Waals surface area contributed by atoms with Gasteiger partial charge in [0.25, 0.3) is 0 Å². The summed E-state index contributed by atoms with van der Waals surface area (Å²) in [5.41, 5.74) is -0.693. The van der Waals surface area contributed by atoms with Crippen molar-refractivity contribution in [3.05, 3.63) is 10.0 Å². The second-order valence-corrected chi connectivity index (χ2v) is 7.43. The lowest BCUT2D eigenvalue weighted by Gasteiger charge is -2.40. The van der Waals surface area contributed by atoms with E-state index in [-0.39, 0.29) is 18.6 Å². The number of methoxy groups -OCH3 is 1. The molecule has 2 amide bonds. The first kappa shape index (κ1) is 17.6. The maximum absolute atomic E-state index is 12.2. The molecule has 2 rings (SSSR count). The third kappa shape index (κ3) is 4.17. The van der Waals surface area contributed by atoms with Gasteiger partial charge in [-0.15, -0.1) is 10.2 Å². The Balaban J connectivity index is 2.02. The highest BCUT2D eigenvalue weighted by atomic mass is 32.1. The Morgan fingerprint density at radius 3 is 2.43 bits per heavy atom. The quantitative estimate of drug-likeness (QED) is 0.898. The normalized spacial score (nSPS) is 20.6. The van der Waals surface area contributed by atoms with Crippen molar-refractivity contribution in [2.75, 3.05) is 7.11 Å². The average Bonchev–Trinajstić information content (AvgIpc) is 2.87. The molecule has 1 fully saturated rings. The molecule has 0 radical (unpaired) electrons. The van der Waals surface area contributed by atoms with Crippen LogP contribution in [0, 0.1) is 0 Å². The summed E-state index contributed by atoms with van der Waals surface area (Å²) in [6, 6.07) is -0.288. The Hall–Kier alpha value is -1.74. The second kappa shape index (κ2) is 6.79. The van der Waals surface area contributed by atoms with Crippen LogP contribution >= 0.6 is 11.3 Å². The van der Waals surface area contributed by atoms with Crippen LogP contribution in [0.25, 0.3) is 0 Å².